The quantitative estimate of drug-likeness (QED) is 0.786. The summed E-state index contributed by atoms with van der Waals surface area (Å²) in [6, 6.07) is 12.8. The van der Waals surface area contributed by atoms with E-state index in [0.29, 0.717) is 6.04 Å². The Morgan fingerprint density at radius 1 is 1.10 bits per heavy atom. The van der Waals surface area contributed by atoms with E-state index >= 15 is 0 Å². The highest BCUT2D eigenvalue weighted by atomic mass is 79.9. The molecule has 0 saturated carbocycles. The maximum atomic E-state index is 6.03. The molecule has 0 atom stereocenters. The van der Waals surface area contributed by atoms with Crippen LogP contribution in [0.3, 0.4) is 0 Å². The summed E-state index contributed by atoms with van der Waals surface area (Å²) in [7, 11) is 0. The average Bonchev–Trinajstić information content (AvgIpc) is 2.44. The van der Waals surface area contributed by atoms with Gasteiger partial charge < -0.3 is 10.1 Å². The van der Waals surface area contributed by atoms with Crippen molar-refractivity contribution in [3.8, 4) is 11.5 Å². The fraction of sp³-hybridized carbons (Fsp3) is 0.333. The van der Waals surface area contributed by atoms with E-state index in [4.69, 9.17) is 4.74 Å². The minimum atomic E-state index is 0.481. The third-order valence-corrected chi connectivity index (χ3v) is 4.11. The van der Waals surface area contributed by atoms with Gasteiger partial charge in [-0.1, -0.05) is 32.0 Å². The summed E-state index contributed by atoms with van der Waals surface area (Å²) in [5.74, 6) is 1.75. The first-order valence-corrected chi connectivity index (χ1v) is 8.02. The second-order valence-electron chi connectivity index (χ2n) is 5.60. The Balaban J connectivity index is 2.16. The van der Waals surface area contributed by atoms with E-state index in [1.807, 2.05) is 18.2 Å². The van der Waals surface area contributed by atoms with Gasteiger partial charge in [0.15, 0.2) is 0 Å². The van der Waals surface area contributed by atoms with E-state index < -0.39 is 0 Å². The summed E-state index contributed by atoms with van der Waals surface area (Å²) in [6.07, 6.45) is 0. The van der Waals surface area contributed by atoms with Crippen molar-refractivity contribution in [1.82, 2.24) is 5.32 Å². The molecule has 0 radical (unpaired) electrons. The van der Waals surface area contributed by atoms with Crippen LogP contribution in [0.15, 0.2) is 40.9 Å². The Morgan fingerprint density at radius 3 is 2.52 bits per heavy atom. The molecule has 0 fully saturated rings. The van der Waals surface area contributed by atoms with Gasteiger partial charge in [-0.3, -0.25) is 0 Å². The van der Waals surface area contributed by atoms with Crippen LogP contribution in [0, 0.1) is 13.8 Å². The molecule has 112 valence electrons. The van der Waals surface area contributed by atoms with Gasteiger partial charge in [-0.2, -0.15) is 0 Å². The van der Waals surface area contributed by atoms with Crippen molar-refractivity contribution in [2.45, 2.75) is 40.3 Å². The lowest BCUT2D eigenvalue weighted by molar-refractivity contribution is 0.475. The molecule has 0 aliphatic carbocycles. The van der Waals surface area contributed by atoms with E-state index in [1.54, 1.807) is 0 Å². The lowest BCUT2D eigenvalue weighted by Crippen LogP contribution is -2.21. The molecule has 0 spiro atoms. The van der Waals surface area contributed by atoms with Crippen molar-refractivity contribution in [2.24, 2.45) is 0 Å². The summed E-state index contributed by atoms with van der Waals surface area (Å²) in [6.45, 7) is 9.33. The van der Waals surface area contributed by atoms with Crippen LogP contribution in [-0.2, 0) is 6.54 Å². The normalized spacial score (nSPS) is 11.0. The predicted molar refractivity (Wildman–Crippen MR) is 92.1 cm³/mol. The smallest absolute Gasteiger partial charge is 0.141 e. The number of nitrogens with one attached hydrogen (secondary N) is 1. The van der Waals surface area contributed by atoms with Crippen molar-refractivity contribution in [3.63, 3.8) is 0 Å². The van der Waals surface area contributed by atoms with Gasteiger partial charge in [-0.15, -0.1) is 0 Å². The van der Waals surface area contributed by atoms with Crippen molar-refractivity contribution in [1.29, 1.82) is 0 Å². The zero-order valence-corrected chi connectivity index (χ0v) is 14.6. The number of ether oxygens (including phenoxy) is 1. The summed E-state index contributed by atoms with van der Waals surface area (Å²) in [5, 5.41) is 3.41. The average molecular weight is 348 g/mol. The summed E-state index contributed by atoms with van der Waals surface area (Å²) >= 11 is 3.60. The van der Waals surface area contributed by atoms with E-state index in [2.05, 4.69) is 67.1 Å². The van der Waals surface area contributed by atoms with Crippen LogP contribution in [0.5, 0.6) is 11.5 Å². The van der Waals surface area contributed by atoms with E-state index in [9.17, 15) is 0 Å². The molecule has 0 aromatic heterocycles. The fourth-order valence-electron chi connectivity index (χ4n) is 2.01. The number of hydrogen-bond acceptors (Lipinski definition) is 2. The van der Waals surface area contributed by atoms with Crippen LogP contribution in [0.1, 0.15) is 30.5 Å². The zero-order valence-electron chi connectivity index (χ0n) is 13.0. The first-order valence-electron chi connectivity index (χ1n) is 7.23. The molecule has 1 N–H and O–H groups in total. The molecule has 0 saturated heterocycles. The van der Waals surface area contributed by atoms with Gasteiger partial charge in [0.25, 0.3) is 0 Å². The first-order chi connectivity index (χ1) is 9.97. The summed E-state index contributed by atoms with van der Waals surface area (Å²) < 4.78 is 7.01. The Bertz CT molecular complexity index is 623. The number of hydrogen-bond donors (Lipinski definition) is 1. The van der Waals surface area contributed by atoms with Crippen LogP contribution in [0.2, 0.25) is 0 Å². The number of halogens is 1. The highest BCUT2D eigenvalue weighted by Crippen LogP contribution is 2.32. The fourth-order valence-corrected chi connectivity index (χ4v) is 2.52. The molecule has 0 unspecified atom stereocenters. The Kier molecular flexibility index (Phi) is 5.43. The van der Waals surface area contributed by atoms with Crippen LogP contribution < -0.4 is 10.1 Å². The summed E-state index contributed by atoms with van der Waals surface area (Å²) in [4.78, 5) is 0. The van der Waals surface area contributed by atoms with Crippen LogP contribution in [-0.4, -0.2) is 6.04 Å². The topological polar surface area (TPSA) is 21.3 Å². The number of aryl methyl sites for hydroxylation is 1. The molecular weight excluding hydrogens is 326 g/mol. The van der Waals surface area contributed by atoms with E-state index in [-0.39, 0.29) is 0 Å². The first kappa shape index (κ1) is 16.1. The van der Waals surface area contributed by atoms with Gasteiger partial charge in [0.2, 0.25) is 0 Å². The van der Waals surface area contributed by atoms with E-state index in [1.165, 1.54) is 16.7 Å². The third-order valence-electron chi connectivity index (χ3n) is 3.49. The molecule has 0 heterocycles. The monoisotopic (exact) mass is 347 g/mol. The molecule has 2 nitrogen and oxygen atoms in total. The second-order valence-corrected chi connectivity index (χ2v) is 6.45. The van der Waals surface area contributed by atoms with Crippen molar-refractivity contribution in [2.75, 3.05) is 0 Å². The SMILES string of the molecule is Cc1cccc(Oc2ccc(CNC(C)C)cc2Br)c1C. The van der Waals surface area contributed by atoms with Crippen LogP contribution in [0.4, 0.5) is 0 Å². The molecule has 0 aliphatic heterocycles. The standard InChI is InChI=1S/C18H22BrNO/c1-12(2)20-11-15-8-9-18(16(19)10-15)21-17-7-5-6-13(3)14(17)4/h5-10,12,20H,11H2,1-4H3. The van der Waals surface area contributed by atoms with Gasteiger partial charge in [0.05, 0.1) is 4.47 Å². The molecule has 21 heavy (non-hydrogen) atoms. The van der Waals surface area contributed by atoms with Crippen molar-refractivity contribution >= 4 is 15.9 Å². The molecule has 2 rings (SSSR count). The highest BCUT2D eigenvalue weighted by molar-refractivity contribution is 9.10. The lowest BCUT2D eigenvalue weighted by Gasteiger charge is -2.13. The van der Waals surface area contributed by atoms with Gasteiger partial charge in [-0.25, -0.2) is 0 Å². The summed E-state index contributed by atoms with van der Waals surface area (Å²) in [5.41, 5.74) is 3.65. The number of benzene rings is 2. The molecule has 0 aliphatic rings. The molecule has 3 heteroatoms. The Labute approximate surface area is 135 Å². The minimum Gasteiger partial charge on any atom is -0.456 e. The van der Waals surface area contributed by atoms with E-state index in [0.717, 1.165) is 22.5 Å². The second kappa shape index (κ2) is 7.10. The molecule has 0 amide bonds. The zero-order chi connectivity index (χ0) is 15.4. The maximum Gasteiger partial charge on any atom is 0.141 e. The predicted octanol–water partition coefficient (Wildman–Crippen LogP) is 5.36. The van der Waals surface area contributed by atoms with Crippen LogP contribution >= 0.6 is 15.9 Å². The molecule has 2 aromatic rings. The lowest BCUT2D eigenvalue weighted by atomic mass is 10.1. The molecule has 2 aromatic carbocycles. The van der Waals surface area contributed by atoms with Crippen molar-refractivity contribution in [3.05, 3.63) is 57.6 Å². The molecular formula is C18H22BrNO. The maximum absolute atomic E-state index is 6.03. The van der Waals surface area contributed by atoms with Gasteiger partial charge in [0, 0.05) is 12.6 Å². The van der Waals surface area contributed by atoms with Gasteiger partial charge in [-0.05, 0) is 64.7 Å². The largest absolute Gasteiger partial charge is 0.456 e. The third kappa shape index (κ3) is 4.32. The Hall–Kier alpha value is -1.32. The van der Waals surface area contributed by atoms with Gasteiger partial charge >= 0.3 is 0 Å². The van der Waals surface area contributed by atoms with Crippen LogP contribution in [0.25, 0.3) is 0 Å². The highest BCUT2D eigenvalue weighted by Gasteiger charge is 2.07. The number of rotatable bonds is 5. The van der Waals surface area contributed by atoms with Crippen molar-refractivity contribution < 1.29 is 4.74 Å². The Morgan fingerprint density at radius 2 is 1.86 bits per heavy atom. The minimum absolute atomic E-state index is 0.481. The molecule has 0 bridgehead atoms. The van der Waals surface area contributed by atoms with Gasteiger partial charge in [0.1, 0.15) is 11.5 Å².